The first-order valence-electron chi connectivity index (χ1n) is 11.1. The van der Waals surface area contributed by atoms with Crippen molar-refractivity contribution in [1.29, 1.82) is 0 Å². The summed E-state index contributed by atoms with van der Waals surface area (Å²) < 4.78 is 10.7. The normalized spacial score (nSPS) is 15.5. The third-order valence-corrected chi connectivity index (χ3v) is 7.04. The van der Waals surface area contributed by atoms with Gasteiger partial charge < -0.3 is 19.7 Å². The Kier molecular flexibility index (Phi) is 8.12. The highest BCUT2D eigenvalue weighted by Crippen LogP contribution is 2.33. The standard InChI is InChI=1S/C24H33N3O4S/c1-15(2)16(3)25-23(29)17-8-10-27(11-9-17)22(28)13-19-14-32-24(26-19)18-6-7-20(30-4)21(12-18)31-5/h6-7,12,14-17H,8-11,13H2,1-5H3,(H,25,29). The first-order valence-corrected chi connectivity index (χ1v) is 11.9. The van der Waals surface area contributed by atoms with Gasteiger partial charge in [-0.2, -0.15) is 0 Å². The van der Waals surface area contributed by atoms with Crippen LogP contribution < -0.4 is 14.8 Å². The molecular weight excluding hydrogens is 426 g/mol. The Labute approximate surface area is 194 Å². The van der Waals surface area contributed by atoms with E-state index in [1.807, 2.05) is 35.4 Å². The van der Waals surface area contributed by atoms with Crippen molar-refractivity contribution < 1.29 is 19.1 Å². The number of hydrogen-bond donors (Lipinski definition) is 1. The summed E-state index contributed by atoms with van der Waals surface area (Å²) in [4.78, 5) is 31.8. The number of carbonyl (C=O) groups excluding carboxylic acids is 2. The fourth-order valence-electron chi connectivity index (χ4n) is 3.66. The van der Waals surface area contributed by atoms with Crippen LogP contribution >= 0.6 is 11.3 Å². The number of amides is 2. The molecule has 8 heteroatoms. The summed E-state index contributed by atoms with van der Waals surface area (Å²) >= 11 is 1.50. The molecule has 0 spiro atoms. The number of likely N-dealkylation sites (tertiary alicyclic amines) is 1. The second kappa shape index (κ2) is 10.8. The monoisotopic (exact) mass is 459 g/mol. The fraction of sp³-hybridized carbons (Fsp3) is 0.542. The molecule has 1 aromatic heterocycles. The highest BCUT2D eigenvalue weighted by molar-refractivity contribution is 7.13. The average molecular weight is 460 g/mol. The number of rotatable bonds is 8. The number of piperidine rings is 1. The lowest BCUT2D eigenvalue weighted by molar-refractivity contribution is -0.135. The zero-order chi connectivity index (χ0) is 23.3. The summed E-state index contributed by atoms with van der Waals surface area (Å²) in [6, 6.07) is 5.83. The highest BCUT2D eigenvalue weighted by Gasteiger charge is 2.28. The van der Waals surface area contributed by atoms with Crippen molar-refractivity contribution in [2.24, 2.45) is 11.8 Å². The van der Waals surface area contributed by atoms with E-state index in [0.717, 1.165) is 16.3 Å². The van der Waals surface area contributed by atoms with Crippen LogP contribution in [0.4, 0.5) is 0 Å². The molecule has 1 aromatic carbocycles. The van der Waals surface area contributed by atoms with Gasteiger partial charge in [-0.25, -0.2) is 4.98 Å². The van der Waals surface area contributed by atoms with E-state index >= 15 is 0 Å². The zero-order valence-electron chi connectivity index (χ0n) is 19.5. The summed E-state index contributed by atoms with van der Waals surface area (Å²) in [6.45, 7) is 7.45. The third kappa shape index (κ3) is 5.79. The van der Waals surface area contributed by atoms with E-state index in [1.165, 1.54) is 11.3 Å². The number of methoxy groups -OCH3 is 2. The lowest BCUT2D eigenvalue weighted by atomic mass is 9.94. The minimum Gasteiger partial charge on any atom is -0.493 e. The van der Waals surface area contributed by atoms with Crippen LogP contribution in [-0.2, 0) is 16.0 Å². The molecule has 1 saturated heterocycles. The molecule has 174 valence electrons. The highest BCUT2D eigenvalue weighted by atomic mass is 32.1. The van der Waals surface area contributed by atoms with Crippen LogP contribution in [0, 0.1) is 11.8 Å². The van der Waals surface area contributed by atoms with Crippen molar-refractivity contribution in [2.45, 2.75) is 46.1 Å². The van der Waals surface area contributed by atoms with Crippen molar-refractivity contribution in [3.63, 3.8) is 0 Å². The molecule has 0 bridgehead atoms. The second-order valence-electron chi connectivity index (χ2n) is 8.59. The first kappa shape index (κ1) is 24.0. The second-order valence-corrected chi connectivity index (χ2v) is 9.44. The van der Waals surface area contributed by atoms with E-state index in [4.69, 9.17) is 9.47 Å². The molecule has 1 unspecified atom stereocenters. The predicted octanol–water partition coefficient (Wildman–Crippen LogP) is 3.77. The van der Waals surface area contributed by atoms with Gasteiger partial charge in [0.25, 0.3) is 0 Å². The summed E-state index contributed by atoms with van der Waals surface area (Å²) in [5, 5.41) is 5.86. The maximum atomic E-state index is 12.8. The topological polar surface area (TPSA) is 80.8 Å². The summed E-state index contributed by atoms with van der Waals surface area (Å²) in [5.41, 5.74) is 1.68. The van der Waals surface area contributed by atoms with Crippen molar-refractivity contribution in [3.05, 3.63) is 29.3 Å². The van der Waals surface area contributed by atoms with Gasteiger partial charge in [0, 0.05) is 36.0 Å². The van der Waals surface area contributed by atoms with E-state index in [1.54, 1.807) is 14.2 Å². The average Bonchev–Trinajstić information content (AvgIpc) is 3.26. The van der Waals surface area contributed by atoms with Gasteiger partial charge in [-0.15, -0.1) is 11.3 Å². The van der Waals surface area contributed by atoms with E-state index in [-0.39, 0.29) is 30.2 Å². The number of nitrogens with zero attached hydrogens (tertiary/aromatic N) is 2. The number of ether oxygens (including phenoxy) is 2. The van der Waals surface area contributed by atoms with Gasteiger partial charge in [-0.05, 0) is 43.9 Å². The van der Waals surface area contributed by atoms with Gasteiger partial charge in [0.1, 0.15) is 5.01 Å². The van der Waals surface area contributed by atoms with Gasteiger partial charge in [0.15, 0.2) is 11.5 Å². The maximum Gasteiger partial charge on any atom is 0.228 e. The number of hydrogen-bond acceptors (Lipinski definition) is 6. The molecule has 1 fully saturated rings. The minimum absolute atomic E-state index is 0.0174. The number of carbonyl (C=O) groups is 2. The largest absolute Gasteiger partial charge is 0.493 e. The van der Waals surface area contributed by atoms with Crippen molar-refractivity contribution in [3.8, 4) is 22.1 Å². The molecule has 1 aliphatic heterocycles. The Morgan fingerprint density at radius 1 is 1.16 bits per heavy atom. The van der Waals surface area contributed by atoms with E-state index < -0.39 is 0 Å². The first-order chi connectivity index (χ1) is 15.3. The molecule has 7 nitrogen and oxygen atoms in total. The Morgan fingerprint density at radius 2 is 1.84 bits per heavy atom. The molecule has 3 rings (SSSR count). The number of benzene rings is 1. The predicted molar refractivity (Wildman–Crippen MR) is 126 cm³/mol. The maximum absolute atomic E-state index is 12.8. The number of aromatic nitrogens is 1. The molecule has 0 radical (unpaired) electrons. The molecule has 32 heavy (non-hydrogen) atoms. The Hall–Kier alpha value is -2.61. The number of thiazole rings is 1. The zero-order valence-corrected chi connectivity index (χ0v) is 20.3. The summed E-state index contributed by atoms with van der Waals surface area (Å²) in [7, 11) is 3.21. The van der Waals surface area contributed by atoms with Crippen LogP contribution in [0.5, 0.6) is 11.5 Å². The summed E-state index contributed by atoms with van der Waals surface area (Å²) in [5.74, 6) is 1.87. The lowest BCUT2D eigenvalue weighted by Crippen LogP contribution is -2.46. The SMILES string of the molecule is COc1ccc(-c2nc(CC(=O)N3CCC(C(=O)NC(C)C(C)C)CC3)cs2)cc1OC. The van der Waals surface area contributed by atoms with Gasteiger partial charge in [-0.3, -0.25) is 9.59 Å². The van der Waals surface area contributed by atoms with Crippen LogP contribution in [0.2, 0.25) is 0 Å². The van der Waals surface area contributed by atoms with E-state index in [9.17, 15) is 9.59 Å². The quantitative estimate of drug-likeness (QED) is 0.650. The van der Waals surface area contributed by atoms with Gasteiger partial charge in [0.2, 0.25) is 11.8 Å². The van der Waals surface area contributed by atoms with Gasteiger partial charge in [0.05, 0.1) is 26.3 Å². The third-order valence-electron chi connectivity index (χ3n) is 6.10. The molecule has 2 heterocycles. The smallest absolute Gasteiger partial charge is 0.228 e. The minimum atomic E-state index is -0.0174. The Bertz CT molecular complexity index is 935. The molecule has 2 amide bonds. The molecular formula is C24H33N3O4S. The molecule has 1 N–H and O–H groups in total. The van der Waals surface area contributed by atoms with Gasteiger partial charge >= 0.3 is 0 Å². The van der Waals surface area contributed by atoms with Crippen molar-refractivity contribution in [1.82, 2.24) is 15.2 Å². The summed E-state index contributed by atoms with van der Waals surface area (Å²) in [6.07, 6.45) is 1.68. The van der Waals surface area contributed by atoms with Gasteiger partial charge in [-0.1, -0.05) is 13.8 Å². The van der Waals surface area contributed by atoms with Crippen LogP contribution in [0.1, 0.15) is 39.3 Å². The van der Waals surface area contributed by atoms with Crippen LogP contribution in [0.3, 0.4) is 0 Å². The lowest BCUT2D eigenvalue weighted by Gasteiger charge is -2.32. The van der Waals surface area contributed by atoms with Crippen LogP contribution in [0.25, 0.3) is 10.6 Å². The van der Waals surface area contributed by atoms with Crippen LogP contribution in [-0.4, -0.2) is 55.0 Å². The Balaban J connectivity index is 1.54. The molecule has 2 aromatic rings. The fourth-order valence-corrected chi connectivity index (χ4v) is 4.47. The molecule has 0 saturated carbocycles. The van der Waals surface area contributed by atoms with E-state index in [0.29, 0.717) is 43.3 Å². The van der Waals surface area contributed by atoms with E-state index in [2.05, 4.69) is 24.1 Å². The van der Waals surface area contributed by atoms with Crippen LogP contribution in [0.15, 0.2) is 23.6 Å². The molecule has 1 aliphatic rings. The Morgan fingerprint density at radius 3 is 2.47 bits per heavy atom. The molecule has 1 atom stereocenters. The van der Waals surface area contributed by atoms with Crippen molar-refractivity contribution >= 4 is 23.2 Å². The number of nitrogens with one attached hydrogen (secondary N) is 1. The van der Waals surface area contributed by atoms with Crippen molar-refractivity contribution in [2.75, 3.05) is 27.3 Å². The molecule has 0 aliphatic carbocycles.